The molecule has 1 aromatic heterocycles. The fourth-order valence-electron chi connectivity index (χ4n) is 3.90. The predicted octanol–water partition coefficient (Wildman–Crippen LogP) is 3.10. The minimum Gasteiger partial charge on any atom is -0.379 e. The maximum atomic E-state index is 5.58. The maximum absolute atomic E-state index is 5.58. The summed E-state index contributed by atoms with van der Waals surface area (Å²) in [5.74, 6) is 1.66. The molecule has 0 radical (unpaired) electrons. The first kappa shape index (κ1) is 18.9. The monoisotopic (exact) mass is 349 g/mol. The van der Waals surface area contributed by atoms with E-state index in [0.29, 0.717) is 22.8 Å². The predicted molar refractivity (Wildman–Crippen MR) is 99.4 cm³/mol. The Hall–Kier alpha value is -0.910. The summed E-state index contributed by atoms with van der Waals surface area (Å²) >= 11 is 0. The number of ether oxygens (including phenoxy) is 1. The van der Waals surface area contributed by atoms with Crippen molar-refractivity contribution in [3.8, 4) is 0 Å². The first-order valence-electron chi connectivity index (χ1n) is 9.72. The summed E-state index contributed by atoms with van der Waals surface area (Å²) in [7, 11) is 0. The maximum Gasteiger partial charge on any atom is 0.150 e. The standard InChI is InChI=1S/C20H35N3O2/c1-19(2,3)14-21-18-11-15(20(18,4)5)10-16-12-17(25-22-16)13-23-6-8-24-9-7-23/h12,15,18,21H,6-11,13-14H2,1-5H3/t15-,18+/m1/s1. The summed E-state index contributed by atoms with van der Waals surface area (Å²) in [6.45, 7) is 17.1. The van der Waals surface area contributed by atoms with E-state index in [1.165, 1.54) is 6.42 Å². The van der Waals surface area contributed by atoms with Gasteiger partial charge in [0.05, 0.1) is 25.5 Å². The summed E-state index contributed by atoms with van der Waals surface area (Å²) in [4.78, 5) is 2.37. The molecule has 1 saturated carbocycles. The van der Waals surface area contributed by atoms with Crippen molar-refractivity contribution in [1.29, 1.82) is 0 Å². The van der Waals surface area contributed by atoms with E-state index in [9.17, 15) is 0 Å². The average Bonchev–Trinajstić information content (AvgIpc) is 2.97. The van der Waals surface area contributed by atoms with E-state index in [1.54, 1.807) is 0 Å². The van der Waals surface area contributed by atoms with E-state index in [0.717, 1.165) is 57.3 Å². The van der Waals surface area contributed by atoms with E-state index >= 15 is 0 Å². The molecule has 0 unspecified atom stereocenters. The first-order chi connectivity index (χ1) is 11.7. The lowest BCUT2D eigenvalue weighted by atomic mass is 9.57. The number of rotatable bonds is 6. The summed E-state index contributed by atoms with van der Waals surface area (Å²) < 4.78 is 11.0. The van der Waals surface area contributed by atoms with Crippen LogP contribution in [0.2, 0.25) is 0 Å². The van der Waals surface area contributed by atoms with Gasteiger partial charge in [0.2, 0.25) is 0 Å². The Bertz CT molecular complexity index is 556. The summed E-state index contributed by atoms with van der Waals surface area (Å²) in [5, 5.41) is 8.09. The molecule has 3 rings (SSSR count). The van der Waals surface area contributed by atoms with Gasteiger partial charge in [-0.3, -0.25) is 4.90 Å². The van der Waals surface area contributed by atoms with Crippen LogP contribution in [0.1, 0.15) is 52.5 Å². The quantitative estimate of drug-likeness (QED) is 0.855. The molecule has 0 spiro atoms. The second-order valence-corrected chi connectivity index (χ2v) is 9.63. The number of aromatic nitrogens is 1. The molecule has 0 amide bonds. The largest absolute Gasteiger partial charge is 0.379 e. The molecule has 1 aliphatic heterocycles. The lowest BCUT2D eigenvalue weighted by molar-refractivity contribution is 0.00910. The van der Waals surface area contributed by atoms with Gasteiger partial charge in [-0.15, -0.1) is 0 Å². The number of hydrogen-bond donors (Lipinski definition) is 1. The molecule has 5 nitrogen and oxygen atoms in total. The molecule has 5 heteroatoms. The molecular formula is C20H35N3O2. The van der Waals surface area contributed by atoms with Crippen molar-refractivity contribution in [2.75, 3.05) is 32.8 Å². The number of nitrogens with one attached hydrogen (secondary N) is 1. The molecule has 0 aromatic carbocycles. The first-order valence-corrected chi connectivity index (χ1v) is 9.72. The summed E-state index contributed by atoms with van der Waals surface area (Å²) in [6, 6.07) is 2.76. The van der Waals surface area contributed by atoms with Gasteiger partial charge in [-0.25, -0.2) is 0 Å². The average molecular weight is 350 g/mol. The number of morpholine rings is 1. The van der Waals surface area contributed by atoms with Crippen LogP contribution in [0.15, 0.2) is 10.6 Å². The Kier molecular flexibility index (Phi) is 5.57. The van der Waals surface area contributed by atoms with E-state index in [-0.39, 0.29) is 0 Å². The van der Waals surface area contributed by atoms with Crippen molar-refractivity contribution in [2.24, 2.45) is 16.7 Å². The Labute approximate surface area is 152 Å². The van der Waals surface area contributed by atoms with Crippen LogP contribution < -0.4 is 5.32 Å². The lowest BCUT2D eigenvalue weighted by Crippen LogP contribution is -2.58. The second kappa shape index (κ2) is 7.37. The normalized spacial score (nSPS) is 27.2. The van der Waals surface area contributed by atoms with Gasteiger partial charge in [0, 0.05) is 31.7 Å². The van der Waals surface area contributed by atoms with Crippen molar-refractivity contribution in [3.63, 3.8) is 0 Å². The van der Waals surface area contributed by atoms with Crippen LogP contribution >= 0.6 is 0 Å². The number of nitrogens with zero attached hydrogens (tertiary/aromatic N) is 2. The highest BCUT2D eigenvalue weighted by Crippen LogP contribution is 2.48. The van der Waals surface area contributed by atoms with Gasteiger partial charge in [-0.1, -0.05) is 39.8 Å². The van der Waals surface area contributed by atoms with Gasteiger partial charge in [0.15, 0.2) is 5.76 Å². The Morgan fingerprint density at radius 2 is 2.00 bits per heavy atom. The minimum absolute atomic E-state index is 0.314. The van der Waals surface area contributed by atoms with Crippen molar-refractivity contribution < 1.29 is 9.26 Å². The summed E-state index contributed by atoms with van der Waals surface area (Å²) in [6.07, 6.45) is 2.25. The van der Waals surface area contributed by atoms with Gasteiger partial charge in [-0.2, -0.15) is 0 Å². The molecule has 25 heavy (non-hydrogen) atoms. The van der Waals surface area contributed by atoms with Crippen LogP contribution in [0, 0.1) is 16.7 Å². The van der Waals surface area contributed by atoms with E-state index < -0.39 is 0 Å². The fraction of sp³-hybridized carbons (Fsp3) is 0.850. The van der Waals surface area contributed by atoms with Crippen LogP contribution in [-0.4, -0.2) is 48.9 Å². The molecule has 2 atom stereocenters. The van der Waals surface area contributed by atoms with Crippen molar-refractivity contribution in [1.82, 2.24) is 15.4 Å². The van der Waals surface area contributed by atoms with Crippen LogP contribution in [0.4, 0.5) is 0 Å². The third-order valence-corrected chi connectivity index (χ3v) is 5.90. The molecule has 1 aromatic rings. The minimum atomic E-state index is 0.314. The molecule has 1 N–H and O–H groups in total. The molecule has 2 heterocycles. The van der Waals surface area contributed by atoms with Gasteiger partial charge in [0.1, 0.15) is 0 Å². The van der Waals surface area contributed by atoms with Gasteiger partial charge in [-0.05, 0) is 29.6 Å². The van der Waals surface area contributed by atoms with E-state index in [1.807, 2.05) is 0 Å². The van der Waals surface area contributed by atoms with Gasteiger partial charge >= 0.3 is 0 Å². The Morgan fingerprint density at radius 3 is 2.64 bits per heavy atom. The third-order valence-electron chi connectivity index (χ3n) is 5.90. The zero-order chi connectivity index (χ0) is 18.1. The van der Waals surface area contributed by atoms with Gasteiger partial charge in [0.25, 0.3) is 0 Å². The number of hydrogen-bond acceptors (Lipinski definition) is 5. The molecule has 1 saturated heterocycles. The molecular weight excluding hydrogens is 314 g/mol. The SMILES string of the molecule is CC(C)(C)CN[C@H]1C[C@@H](Cc2cc(CN3CCOCC3)on2)C1(C)C. The van der Waals surface area contributed by atoms with Crippen LogP contribution in [0.5, 0.6) is 0 Å². The fourth-order valence-corrected chi connectivity index (χ4v) is 3.90. The van der Waals surface area contributed by atoms with E-state index in [4.69, 9.17) is 9.26 Å². The second-order valence-electron chi connectivity index (χ2n) is 9.63. The summed E-state index contributed by atoms with van der Waals surface area (Å²) in [5.41, 5.74) is 1.76. The highest BCUT2D eigenvalue weighted by molar-refractivity contribution is 5.11. The zero-order valence-corrected chi connectivity index (χ0v) is 16.6. The Balaban J connectivity index is 1.48. The van der Waals surface area contributed by atoms with Crippen molar-refractivity contribution in [3.05, 3.63) is 17.5 Å². The van der Waals surface area contributed by atoms with Crippen LogP contribution in [0.3, 0.4) is 0 Å². The highest BCUT2D eigenvalue weighted by atomic mass is 16.5. The zero-order valence-electron chi connectivity index (χ0n) is 16.6. The van der Waals surface area contributed by atoms with Crippen LogP contribution in [-0.2, 0) is 17.7 Å². The molecule has 0 bridgehead atoms. The Morgan fingerprint density at radius 1 is 1.28 bits per heavy atom. The van der Waals surface area contributed by atoms with Gasteiger partial charge < -0.3 is 14.6 Å². The van der Waals surface area contributed by atoms with Crippen LogP contribution in [0.25, 0.3) is 0 Å². The lowest BCUT2D eigenvalue weighted by Gasteiger charge is -2.53. The van der Waals surface area contributed by atoms with E-state index in [2.05, 4.69) is 56.1 Å². The molecule has 2 aliphatic rings. The van der Waals surface area contributed by atoms with Crippen molar-refractivity contribution in [2.45, 2.75) is 60.0 Å². The topological polar surface area (TPSA) is 50.5 Å². The molecule has 1 aliphatic carbocycles. The smallest absolute Gasteiger partial charge is 0.150 e. The third kappa shape index (κ3) is 4.83. The highest BCUT2D eigenvalue weighted by Gasteiger charge is 2.47. The van der Waals surface area contributed by atoms with Crippen molar-refractivity contribution >= 4 is 0 Å². The molecule has 142 valence electrons. The molecule has 2 fully saturated rings.